The highest BCUT2D eigenvalue weighted by atomic mass is 16.5. The molecule has 0 aliphatic heterocycles. The van der Waals surface area contributed by atoms with Crippen molar-refractivity contribution in [3.8, 4) is 17.2 Å². The highest BCUT2D eigenvalue weighted by Gasteiger charge is 2.16. The van der Waals surface area contributed by atoms with Crippen LogP contribution in [0.15, 0.2) is 18.2 Å². The molecule has 0 aliphatic carbocycles. The zero-order valence-corrected chi connectivity index (χ0v) is 13.1. The molecule has 22 heavy (non-hydrogen) atoms. The van der Waals surface area contributed by atoms with Gasteiger partial charge in [0.1, 0.15) is 23.4 Å². The van der Waals surface area contributed by atoms with Gasteiger partial charge < -0.3 is 24.5 Å². The minimum atomic E-state index is -0.703. The molecule has 7 nitrogen and oxygen atoms in total. The number of benzene rings is 1. The molecule has 0 aliphatic rings. The molecule has 0 fully saturated rings. The maximum Gasteiger partial charge on any atom is 0.413 e. The summed E-state index contributed by atoms with van der Waals surface area (Å²) >= 11 is 0. The Balaban J connectivity index is 2.62. The van der Waals surface area contributed by atoms with Crippen molar-refractivity contribution in [1.29, 1.82) is 0 Å². The van der Waals surface area contributed by atoms with E-state index < -0.39 is 5.97 Å². The summed E-state index contributed by atoms with van der Waals surface area (Å²) in [5.74, 6) is 1.14. The van der Waals surface area contributed by atoms with E-state index in [4.69, 9.17) is 24.5 Å². The summed E-state index contributed by atoms with van der Waals surface area (Å²) < 4.78 is 21.1. The molecule has 0 aromatic heterocycles. The van der Waals surface area contributed by atoms with Crippen molar-refractivity contribution in [2.45, 2.75) is 32.5 Å². The zero-order chi connectivity index (χ0) is 16.5. The number of rotatable bonds is 8. The van der Waals surface area contributed by atoms with E-state index in [9.17, 15) is 4.79 Å². The Hall–Kier alpha value is -2.53. The van der Waals surface area contributed by atoms with Crippen molar-refractivity contribution in [2.75, 3.05) is 14.2 Å². The predicted octanol–water partition coefficient (Wildman–Crippen LogP) is 2.09. The van der Waals surface area contributed by atoms with Crippen molar-refractivity contribution in [2.24, 2.45) is 0 Å². The number of carbonyl (C=O) groups is 1. The molecule has 0 heterocycles. The average Bonchev–Trinajstić information content (AvgIpc) is 2.46. The molecule has 7 heteroatoms. The fourth-order valence-corrected chi connectivity index (χ4v) is 1.92. The summed E-state index contributed by atoms with van der Waals surface area (Å²) in [6.45, 7) is 3.59. The first-order chi connectivity index (χ1) is 10.5. The minimum Gasteiger partial charge on any atom is -0.496 e. The lowest BCUT2D eigenvalue weighted by molar-refractivity contribution is -0.144. The number of hydrogen-bond acceptors (Lipinski definition) is 5. The fourth-order valence-electron chi connectivity index (χ4n) is 1.92. The van der Waals surface area contributed by atoms with Gasteiger partial charge in [0.05, 0.1) is 20.3 Å². The van der Waals surface area contributed by atoms with E-state index in [2.05, 4.69) is 4.79 Å². The van der Waals surface area contributed by atoms with Crippen molar-refractivity contribution < 1.29 is 28.5 Å². The van der Waals surface area contributed by atoms with Gasteiger partial charge in [-0.05, 0) is 13.8 Å². The van der Waals surface area contributed by atoms with Gasteiger partial charge in [-0.2, -0.15) is 4.79 Å². The maximum absolute atomic E-state index is 11.2. The maximum atomic E-state index is 11.2. The highest BCUT2D eigenvalue weighted by Crippen LogP contribution is 2.28. The molecular formula is C15H20N2O5. The van der Waals surface area contributed by atoms with E-state index in [1.807, 2.05) is 6.92 Å². The van der Waals surface area contributed by atoms with E-state index >= 15 is 0 Å². The third-order valence-corrected chi connectivity index (χ3v) is 2.81. The van der Waals surface area contributed by atoms with Crippen LogP contribution in [0, 0.1) is 0 Å². The molecule has 120 valence electrons. The van der Waals surface area contributed by atoms with Gasteiger partial charge in [0.25, 0.3) is 0 Å². The van der Waals surface area contributed by atoms with Gasteiger partial charge in [-0.3, -0.25) is 0 Å². The van der Waals surface area contributed by atoms with Crippen LogP contribution >= 0.6 is 0 Å². The van der Waals surface area contributed by atoms with E-state index in [0.717, 1.165) is 0 Å². The van der Waals surface area contributed by atoms with Gasteiger partial charge in [-0.1, -0.05) is 0 Å². The summed E-state index contributed by atoms with van der Waals surface area (Å²) in [6, 6.07) is 5.23. The lowest BCUT2D eigenvalue weighted by Crippen LogP contribution is -2.23. The molecule has 2 atom stereocenters. The van der Waals surface area contributed by atoms with Crippen LogP contribution in [-0.4, -0.2) is 43.4 Å². The van der Waals surface area contributed by atoms with Crippen LogP contribution in [0.4, 0.5) is 0 Å². The van der Waals surface area contributed by atoms with Crippen LogP contribution in [0.25, 0.3) is 5.53 Å². The Labute approximate surface area is 129 Å². The standard InChI is InChI=1S/C15H20N2O5/c1-10(5-11(2)22-15(18)9-17-16)21-14-7-12(19-3)6-13(8-14)20-4/h6-11H,5H2,1-4H3/t10-,11+/m0/s1. The molecule has 0 unspecified atom stereocenters. The molecule has 0 amide bonds. The summed E-state index contributed by atoms with van der Waals surface area (Å²) in [5.41, 5.74) is 8.25. The fraction of sp³-hybridized carbons (Fsp3) is 0.467. The molecule has 0 N–H and O–H groups in total. The number of carbonyl (C=O) groups excluding carboxylic acids is 1. The first kappa shape index (κ1) is 17.5. The molecule has 1 rings (SSSR count). The molecular weight excluding hydrogens is 288 g/mol. The lowest BCUT2D eigenvalue weighted by Gasteiger charge is -2.19. The van der Waals surface area contributed by atoms with Crippen LogP contribution < -0.4 is 14.2 Å². The van der Waals surface area contributed by atoms with Crippen LogP contribution in [0.5, 0.6) is 17.2 Å². The normalized spacial score (nSPS) is 12.5. The molecule has 0 saturated heterocycles. The van der Waals surface area contributed by atoms with E-state index in [-0.39, 0.29) is 12.2 Å². The van der Waals surface area contributed by atoms with Gasteiger partial charge in [0.15, 0.2) is 0 Å². The number of esters is 1. The number of ether oxygens (including phenoxy) is 4. The van der Waals surface area contributed by atoms with Crippen LogP contribution in [0.1, 0.15) is 20.3 Å². The first-order valence-corrected chi connectivity index (χ1v) is 6.76. The summed E-state index contributed by atoms with van der Waals surface area (Å²) in [4.78, 5) is 13.8. The predicted molar refractivity (Wildman–Crippen MR) is 79.5 cm³/mol. The Bertz CT molecular complexity index is 533. The summed E-state index contributed by atoms with van der Waals surface area (Å²) in [7, 11) is 3.12. The molecule has 0 saturated carbocycles. The van der Waals surface area contributed by atoms with Crippen molar-refractivity contribution in [1.82, 2.24) is 0 Å². The third-order valence-electron chi connectivity index (χ3n) is 2.81. The van der Waals surface area contributed by atoms with Crippen molar-refractivity contribution >= 4 is 12.2 Å². The number of hydrogen-bond donors (Lipinski definition) is 0. The van der Waals surface area contributed by atoms with Crippen LogP contribution in [-0.2, 0) is 9.53 Å². The first-order valence-electron chi connectivity index (χ1n) is 6.76. The minimum absolute atomic E-state index is 0.203. The van der Waals surface area contributed by atoms with Crippen molar-refractivity contribution in [3.05, 3.63) is 23.7 Å². The van der Waals surface area contributed by atoms with Crippen molar-refractivity contribution in [3.63, 3.8) is 0 Å². The second-order valence-electron chi connectivity index (χ2n) is 4.70. The molecule has 0 spiro atoms. The zero-order valence-electron chi connectivity index (χ0n) is 13.1. The summed E-state index contributed by atoms with van der Waals surface area (Å²) in [6.07, 6.45) is 0.595. The Morgan fingerprint density at radius 1 is 1.14 bits per heavy atom. The topological polar surface area (TPSA) is 90.4 Å². The quantitative estimate of drug-likeness (QED) is 0.317. The van der Waals surface area contributed by atoms with Gasteiger partial charge >= 0.3 is 12.2 Å². The molecule has 0 radical (unpaired) electrons. The van der Waals surface area contributed by atoms with E-state index in [1.54, 1.807) is 39.3 Å². The lowest BCUT2D eigenvalue weighted by atomic mass is 10.2. The highest BCUT2D eigenvalue weighted by molar-refractivity contribution is 6.20. The molecule has 1 aromatic rings. The SMILES string of the molecule is COc1cc(OC)cc(O[C@@H](C)C[C@@H](C)OC(=O)C=[N+]=[N-])c1. The Kier molecular flexibility index (Phi) is 6.92. The Morgan fingerprint density at radius 3 is 2.18 bits per heavy atom. The van der Waals surface area contributed by atoms with Gasteiger partial charge in [0.2, 0.25) is 0 Å². The molecule has 1 aromatic carbocycles. The van der Waals surface area contributed by atoms with Crippen LogP contribution in [0.2, 0.25) is 0 Å². The monoisotopic (exact) mass is 308 g/mol. The van der Waals surface area contributed by atoms with E-state index in [0.29, 0.717) is 29.9 Å². The second-order valence-corrected chi connectivity index (χ2v) is 4.70. The largest absolute Gasteiger partial charge is 0.496 e. The Morgan fingerprint density at radius 2 is 1.68 bits per heavy atom. The smallest absolute Gasteiger partial charge is 0.413 e. The van der Waals surface area contributed by atoms with E-state index in [1.165, 1.54) is 0 Å². The van der Waals surface area contributed by atoms with Gasteiger partial charge in [0, 0.05) is 24.6 Å². The third kappa shape index (κ3) is 5.85. The number of methoxy groups -OCH3 is 2. The van der Waals surface area contributed by atoms with Crippen LogP contribution in [0.3, 0.4) is 0 Å². The van der Waals surface area contributed by atoms with Gasteiger partial charge in [-0.15, -0.1) is 0 Å². The second kappa shape index (κ2) is 8.69. The van der Waals surface area contributed by atoms with Gasteiger partial charge in [-0.25, -0.2) is 4.79 Å². The molecule has 0 bridgehead atoms. The average molecular weight is 308 g/mol. The summed E-state index contributed by atoms with van der Waals surface area (Å²) in [5, 5.41) is 0. The number of nitrogens with zero attached hydrogens (tertiary/aromatic N) is 2.